The minimum absolute atomic E-state index is 0.129. The van der Waals surface area contributed by atoms with Crippen LogP contribution in [0.3, 0.4) is 0 Å². The number of rotatable bonds is 5. The van der Waals surface area contributed by atoms with E-state index in [1.807, 2.05) is 18.4 Å². The van der Waals surface area contributed by atoms with Gasteiger partial charge in [0.25, 0.3) is 0 Å². The van der Waals surface area contributed by atoms with E-state index in [0.717, 1.165) is 25.7 Å². The van der Waals surface area contributed by atoms with E-state index in [1.165, 1.54) is 6.07 Å². The molecule has 1 fully saturated rings. The average molecular weight is 384 g/mol. The highest BCUT2D eigenvalue weighted by Gasteiger charge is 2.26. The minimum Gasteiger partial charge on any atom is -0.393 e. The van der Waals surface area contributed by atoms with Gasteiger partial charge in [-0.05, 0) is 51.7 Å². The van der Waals surface area contributed by atoms with Gasteiger partial charge in [-0.25, -0.2) is 14.4 Å². The van der Waals surface area contributed by atoms with Gasteiger partial charge in [-0.1, -0.05) is 12.1 Å². The van der Waals surface area contributed by atoms with Crippen molar-refractivity contribution in [2.75, 3.05) is 10.6 Å². The molecule has 28 heavy (non-hydrogen) atoms. The van der Waals surface area contributed by atoms with E-state index in [2.05, 4.69) is 25.6 Å². The maximum atomic E-state index is 14.2. The van der Waals surface area contributed by atoms with Crippen LogP contribution in [-0.4, -0.2) is 36.8 Å². The summed E-state index contributed by atoms with van der Waals surface area (Å²) in [7, 11) is 0. The first-order chi connectivity index (χ1) is 13.5. The summed E-state index contributed by atoms with van der Waals surface area (Å²) >= 11 is 0. The van der Waals surface area contributed by atoms with E-state index < -0.39 is 0 Å². The Morgan fingerprint density at radius 3 is 2.61 bits per heavy atom. The number of aromatic nitrogens is 4. The molecule has 0 spiro atoms. The van der Waals surface area contributed by atoms with Crippen molar-refractivity contribution in [3.63, 3.8) is 0 Å². The topological polar surface area (TPSA) is 87.9 Å². The lowest BCUT2D eigenvalue weighted by Gasteiger charge is -2.28. The van der Waals surface area contributed by atoms with E-state index in [1.54, 1.807) is 24.4 Å². The third-order valence-corrected chi connectivity index (χ3v) is 5.00. The van der Waals surface area contributed by atoms with Gasteiger partial charge in [-0.15, -0.1) is 0 Å². The molecule has 1 saturated carbocycles. The Balaban J connectivity index is 1.78. The van der Waals surface area contributed by atoms with E-state index >= 15 is 0 Å². The number of hydrogen-bond donors (Lipinski definition) is 3. The zero-order valence-corrected chi connectivity index (χ0v) is 16.1. The number of nitrogens with zero attached hydrogens (tertiary/aromatic N) is 4. The fourth-order valence-electron chi connectivity index (χ4n) is 3.65. The predicted molar refractivity (Wildman–Crippen MR) is 107 cm³/mol. The van der Waals surface area contributed by atoms with Crippen LogP contribution in [0.5, 0.6) is 0 Å². The Morgan fingerprint density at radius 2 is 1.89 bits per heavy atom. The van der Waals surface area contributed by atoms with Crippen molar-refractivity contribution in [3.05, 3.63) is 36.3 Å². The van der Waals surface area contributed by atoms with Crippen LogP contribution in [0.25, 0.3) is 11.2 Å². The standard InChI is InChI=1S/C20H25FN6O/c1-12(2)23-19-22-11-17-18(26-19)27(13-7-9-14(28)10-8-13)20(25-17)24-16-6-4-3-5-15(16)21/h3-6,11-14,28H,7-10H2,1-2H3,(H,24,25)(H,22,23,26)/t13-,14-. The number of fused-ring (bicyclic) bond motifs is 1. The Kier molecular flexibility index (Phi) is 5.13. The molecule has 2 aromatic heterocycles. The van der Waals surface area contributed by atoms with Crippen molar-refractivity contribution in [3.8, 4) is 0 Å². The van der Waals surface area contributed by atoms with Gasteiger partial charge in [0, 0.05) is 12.1 Å². The van der Waals surface area contributed by atoms with Crippen LogP contribution in [0.1, 0.15) is 45.6 Å². The molecule has 0 bridgehead atoms. The zero-order valence-electron chi connectivity index (χ0n) is 16.1. The third-order valence-electron chi connectivity index (χ3n) is 5.00. The quantitative estimate of drug-likeness (QED) is 0.616. The summed E-state index contributed by atoms with van der Waals surface area (Å²) in [6.45, 7) is 4.05. The maximum Gasteiger partial charge on any atom is 0.224 e. The summed E-state index contributed by atoms with van der Waals surface area (Å²) in [5.74, 6) is 0.739. The molecule has 3 aromatic rings. The van der Waals surface area contributed by atoms with E-state index in [9.17, 15) is 9.50 Å². The smallest absolute Gasteiger partial charge is 0.224 e. The van der Waals surface area contributed by atoms with Crippen LogP contribution in [0.4, 0.5) is 22.0 Å². The molecule has 0 amide bonds. The average Bonchev–Trinajstić information content (AvgIpc) is 3.01. The van der Waals surface area contributed by atoms with Crippen LogP contribution in [0.15, 0.2) is 30.5 Å². The number of para-hydroxylation sites is 1. The molecular formula is C20H25FN6O. The highest BCUT2D eigenvalue weighted by atomic mass is 19.1. The Bertz CT molecular complexity index is 964. The van der Waals surface area contributed by atoms with Gasteiger partial charge in [0.05, 0.1) is 18.0 Å². The van der Waals surface area contributed by atoms with Crippen LogP contribution in [0.2, 0.25) is 0 Å². The molecule has 148 valence electrons. The molecule has 8 heteroatoms. The minimum atomic E-state index is -0.339. The van der Waals surface area contributed by atoms with Gasteiger partial charge >= 0.3 is 0 Å². The molecule has 4 rings (SSSR count). The van der Waals surface area contributed by atoms with Gasteiger partial charge in [-0.2, -0.15) is 4.98 Å². The number of imidazole rings is 1. The summed E-state index contributed by atoms with van der Waals surface area (Å²) in [6.07, 6.45) is 4.51. The number of halogens is 1. The Morgan fingerprint density at radius 1 is 1.14 bits per heavy atom. The number of aliphatic hydroxyl groups excluding tert-OH is 1. The molecule has 1 aromatic carbocycles. The van der Waals surface area contributed by atoms with Crippen LogP contribution in [-0.2, 0) is 0 Å². The van der Waals surface area contributed by atoms with Crippen LogP contribution in [0, 0.1) is 5.82 Å². The van der Waals surface area contributed by atoms with Gasteiger partial charge in [0.1, 0.15) is 11.3 Å². The Hall–Kier alpha value is -2.74. The van der Waals surface area contributed by atoms with Crippen molar-refractivity contribution >= 4 is 28.7 Å². The molecule has 1 aliphatic carbocycles. The van der Waals surface area contributed by atoms with E-state index in [0.29, 0.717) is 28.7 Å². The summed E-state index contributed by atoms with van der Waals surface area (Å²) in [5, 5.41) is 16.2. The molecule has 2 heterocycles. The second-order valence-electron chi connectivity index (χ2n) is 7.57. The second-order valence-corrected chi connectivity index (χ2v) is 7.57. The van der Waals surface area contributed by atoms with Crippen molar-refractivity contribution in [2.24, 2.45) is 0 Å². The van der Waals surface area contributed by atoms with Crippen molar-refractivity contribution < 1.29 is 9.50 Å². The highest BCUT2D eigenvalue weighted by molar-refractivity contribution is 5.76. The number of anilines is 3. The first-order valence-electron chi connectivity index (χ1n) is 9.72. The summed E-state index contributed by atoms with van der Waals surface area (Å²) < 4.78 is 16.2. The molecule has 0 saturated heterocycles. The predicted octanol–water partition coefficient (Wildman–Crippen LogP) is 4.01. The molecule has 0 radical (unpaired) electrons. The number of nitrogens with one attached hydrogen (secondary N) is 2. The second kappa shape index (κ2) is 7.71. The molecule has 0 atom stereocenters. The number of aliphatic hydroxyl groups is 1. The lowest BCUT2D eigenvalue weighted by Crippen LogP contribution is -2.22. The van der Waals surface area contributed by atoms with Crippen molar-refractivity contribution in [1.29, 1.82) is 0 Å². The largest absolute Gasteiger partial charge is 0.393 e. The van der Waals surface area contributed by atoms with Gasteiger partial charge in [0.15, 0.2) is 5.65 Å². The first-order valence-corrected chi connectivity index (χ1v) is 9.72. The van der Waals surface area contributed by atoms with Gasteiger partial charge in [0.2, 0.25) is 11.9 Å². The van der Waals surface area contributed by atoms with Crippen molar-refractivity contribution in [2.45, 2.75) is 57.7 Å². The molecule has 0 aliphatic heterocycles. The highest BCUT2D eigenvalue weighted by Crippen LogP contribution is 2.35. The molecule has 0 unspecified atom stereocenters. The summed E-state index contributed by atoms with van der Waals surface area (Å²) in [5.41, 5.74) is 1.72. The fourth-order valence-corrected chi connectivity index (χ4v) is 3.65. The van der Waals surface area contributed by atoms with Gasteiger partial charge in [-0.3, -0.25) is 4.57 Å². The number of hydrogen-bond acceptors (Lipinski definition) is 6. The SMILES string of the molecule is CC(C)Nc1ncc2nc(Nc3ccccc3F)n([C@H]3CC[C@H](O)CC3)c2n1. The zero-order chi connectivity index (χ0) is 19.7. The maximum absolute atomic E-state index is 14.2. The molecular weight excluding hydrogens is 359 g/mol. The molecule has 1 aliphatic rings. The fraction of sp³-hybridized carbons (Fsp3) is 0.450. The monoisotopic (exact) mass is 384 g/mol. The molecule has 3 N–H and O–H groups in total. The van der Waals surface area contributed by atoms with Crippen LogP contribution >= 0.6 is 0 Å². The summed E-state index contributed by atoms with van der Waals surface area (Å²) in [6, 6.07) is 6.86. The van der Waals surface area contributed by atoms with Crippen LogP contribution < -0.4 is 10.6 Å². The Labute approximate surface area is 163 Å². The number of benzene rings is 1. The van der Waals surface area contributed by atoms with E-state index in [4.69, 9.17) is 0 Å². The summed E-state index contributed by atoms with van der Waals surface area (Å²) in [4.78, 5) is 13.7. The van der Waals surface area contributed by atoms with E-state index in [-0.39, 0.29) is 24.0 Å². The van der Waals surface area contributed by atoms with Crippen molar-refractivity contribution in [1.82, 2.24) is 19.5 Å². The first kappa shape index (κ1) is 18.6. The molecule has 7 nitrogen and oxygen atoms in total. The lowest BCUT2D eigenvalue weighted by atomic mass is 9.93. The normalized spacial score (nSPS) is 19.9. The third kappa shape index (κ3) is 3.77. The van der Waals surface area contributed by atoms with Gasteiger partial charge < -0.3 is 15.7 Å². The lowest BCUT2D eigenvalue weighted by molar-refractivity contribution is 0.112.